The zero-order valence-corrected chi connectivity index (χ0v) is 13.5. The van der Waals surface area contributed by atoms with Crippen molar-refractivity contribution in [2.75, 3.05) is 13.2 Å². The van der Waals surface area contributed by atoms with E-state index < -0.39 is 15.9 Å². The van der Waals surface area contributed by atoms with Crippen LogP contribution in [0.5, 0.6) is 5.75 Å². The van der Waals surface area contributed by atoms with E-state index in [-0.39, 0.29) is 22.8 Å². The molecule has 124 valence electrons. The fraction of sp³-hybridized carbons (Fsp3) is 0.562. The van der Waals surface area contributed by atoms with Gasteiger partial charge in [-0.25, -0.2) is 13.1 Å². The second-order valence-electron chi connectivity index (χ2n) is 6.47. The van der Waals surface area contributed by atoms with Gasteiger partial charge in [0.2, 0.25) is 5.91 Å². The molecule has 1 aromatic carbocycles. The molecule has 2 heterocycles. The van der Waals surface area contributed by atoms with Crippen molar-refractivity contribution in [1.82, 2.24) is 4.72 Å². The molecule has 2 fully saturated rings. The Labute approximate surface area is 135 Å². The van der Waals surface area contributed by atoms with Crippen LogP contribution >= 0.6 is 0 Å². The van der Waals surface area contributed by atoms with Gasteiger partial charge in [-0.1, -0.05) is 0 Å². The van der Waals surface area contributed by atoms with E-state index in [4.69, 9.17) is 9.47 Å². The summed E-state index contributed by atoms with van der Waals surface area (Å²) in [6.45, 7) is 1.12. The summed E-state index contributed by atoms with van der Waals surface area (Å²) < 4.78 is 38.2. The first-order valence-corrected chi connectivity index (χ1v) is 9.45. The molecular weight excluding hydrogens is 318 g/mol. The monoisotopic (exact) mass is 337 g/mol. The first-order valence-electron chi connectivity index (χ1n) is 7.97. The van der Waals surface area contributed by atoms with Crippen LogP contribution in [0.3, 0.4) is 0 Å². The number of ether oxygens (including phenoxy) is 2. The Morgan fingerprint density at radius 2 is 2.13 bits per heavy atom. The van der Waals surface area contributed by atoms with E-state index in [0.717, 1.165) is 24.2 Å². The van der Waals surface area contributed by atoms with Crippen molar-refractivity contribution in [3.05, 3.63) is 23.8 Å². The van der Waals surface area contributed by atoms with Gasteiger partial charge >= 0.3 is 0 Å². The fourth-order valence-electron chi connectivity index (χ4n) is 3.76. The van der Waals surface area contributed by atoms with Gasteiger partial charge in [0, 0.05) is 12.3 Å². The number of amides is 1. The molecule has 1 aliphatic carbocycles. The maximum atomic E-state index is 12.5. The van der Waals surface area contributed by atoms with Crippen LogP contribution in [-0.2, 0) is 26.0 Å². The number of hydrogen-bond donors (Lipinski definition) is 1. The first-order chi connectivity index (χ1) is 11.0. The van der Waals surface area contributed by atoms with Crippen LogP contribution in [0.2, 0.25) is 0 Å². The van der Waals surface area contributed by atoms with E-state index >= 15 is 0 Å². The number of fused-ring (bicyclic) bond motifs is 3. The Bertz CT molecular complexity index is 745. The Kier molecular flexibility index (Phi) is 3.57. The van der Waals surface area contributed by atoms with E-state index in [1.165, 1.54) is 6.07 Å². The molecule has 3 atom stereocenters. The zero-order valence-electron chi connectivity index (χ0n) is 12.7. The molecule has 4 rings (SSSR count). The summed E-state index contributed by atoms with van der Waals surface area (Å²) in [6.07, 6.45) is 3.31. The molecule has 1 aromatic rings. The minimum absolute atomic E-state index is 0.117. The van der Waals surface area contributed by atoms with Gasteiger partial charge in [-0.2, -0.15) is 0 Å². The lowest BCUT2D eigenvalue weighted by Gasteiger charge is -2.25. The summed E-state index contributed by atoms with van der Waals surface area (Å²) in [6, 6.07) is 4.72. The lowest BCUT2D eigenvalue weighted by atomic mass is 9.80. The molecule has 7 heteroatoms. The molecule has 0 aromatic heterocycles. The maximum Gasteiger partial charge on any atom is 0.264 e. The summed E-state index contributed by atoms with van der Waals surface area (Å²) in [5.41, 5.74) is 0.866. The standard InChI is InChI=1S/C16H19NO5S/c18-16(14-3-1-12-7-11(14)9-22-12)17-23(19,20)13-2-4-15-10(8-13)5-6-21-15/h2,4,8,11-12,14H,1,3,5-7,9H2,(H,17,18)/t11-,12+,14-/m1/s1. The van der Waals surface area contributed by atoms with Crippen molar-refractivity contribution in [1.29, 1.82) is 0 Å². The molecule has 1 N–H and O–H groups in total. The summed E-state index contributed by atoms with van der Waals surface area (Å²) in [5.74, 6) is 0.172. The fourth-order valence-corrected chi connectivity index (χ4v) is 4.84. The van der Waals surface area contributed by atoms with Gasteiger partial charge in [0.15, 0.2) is 0 Å². The second kappa shape index (κ2) is 5.49. The van der Waals surface area contributed by atoms with E-state index in [0.29, 0.717) is 26.1 Å². The normalized spacial score (nSPS) is 29.0. The van der Waals surface area contributed by atoms with Gasteiger partial charge in [0.25, 0.3) is 10.0 Å². The highest BCUT2D eigenvalue weighted by atomic mass is 32.2. The third-order valence-corrected chi connectivity index (χ3v) is 6.37. The number of sulfonamides is 1. The van der Waals surface area contributed by atoms with Crippen LogP contribution in [0.1, 0.15) is 24.8 Å². The van der Waals surface area contributed by atoms with Gasteiger partial charge < -0.3 is 9.47 Å². The third kappa shape index (κ3) is 2.72. The number of carbonyl (C=O) groups excluding carboxylic acids is 1. The van der Waals surface area contributed by atoms with Crippen LogP contribution in [0.25, 0.3) is 0 Å². The number of nitrogens with one attached hydrogen (secondary N) is 1. The van der Waals surface area contributed by atoms with Crippen molar-refractivity contribution in [3.63, 3.8) is 0 Å². The summed E-state index contributed by atoms with van der Waals surface area (Å²) in [7, 11) is -3.84. The molecule has 23 heavy (non-hydrogen) atoms. The Morgan fingerprint density at radius 3 is 3.00 bits per heavy atom. The molecule has 0 unspecified atom stereocenters. The van der Waals surface area contributed by atoms with Crippen LogP contribution < -0.4 is 9.46 Å². The van der Waals surface area contributed by atoms with Crippen LogP contribution in [0.4, 0.5) is 0 Å². The predicted octanol–water partition coefficient (Wildman–Crippen LogP) is 1.24. The van der Waals surface area contributed by atoms with Crippen molar-refractivity contribution in [3.8, 4) is 5.75 Å². The molecule has 2 aliphatic heterocycles. The Hall–Kier alpha value is -1.60. The first kappa shape index (κ1) is 15.0. The molecule has 0 spiro atoms. The smallest absolute Gasteiger partial charge is 0.264 e. The number of hydrogen-bond acceptors (Lipinski definition) is 5. The minimum atomic E-state index is -3.84. The predicted molar refractivity (Wildman–Crippen MR) is 81.5 cm³/mol. The summed E-state index contributed by atoms with van der Waals surface area (Å²) in [4.78, 5) is 12.6. The molecule has 1 amide bonds. The number of benzene rings is 1. The topological polar surface area (TPSA) is 81.7 Å². The van der Waals surface area contributed by atoms with Gasteiger partial charge in [-0.15, -0.1) is 0 Å². The van der Waals surface area contributed by atoms with Gasteiger partial charge in [-0.05, 0) is 48.9 Å². The molecule has 6 nitrogen and oxygen atoms in total. The summed E-state index contributed by atoms with van der Waals surface area (Å²) in [5, 5.41) is 0. The Morgan fingerprint density at radius 1 is 1.26 bits per heavy atom. The van der Waals surface area contributed by atoms with Gasteiger partial charge in [0.1, 0.15) is 5.75 Å². The highest BCUT2D eigenvalue weighted by Gasteiger charge is 2.41. The van der Waals surface area contributed by atoms with Crippen molar-refractivity contribution >= 4 is 15.9 Å². The van der Waals surface area contributed by atoms with E-state index in [9.17, 15) is 13.2 Å². The molecule has 1 saturated carbocycles. The second-order valence-corrected chi connectivity index (χ2v) is 8.16. The van der Waals surface area contributed by atoms with E-state index in [1.807, 2.05) is 0 Å². The van der Waals surface area contributed by atoms with Crippen molar-refractivity contribution in [2.45, 2.75) is 36.7 Å². The third-order valence-electron chi connectivity index (χ3n) is 5.02. The average Bonchev–Trinajstić information content (AvgIpc) is 3.13. The zero-order chi connectivity index (χ0) is 16.0. The SMILES string of the molecule is O=C(NS(=O)(=O)c1ccc2c(c1)CCO2)[C@@H]1CC[C@H]2C[C@@H]1CO2. The summed E-state index contributed by atoms with van der Waals surface area (Å²) >= 11 is 0. The lowest BCUT2D eigenvalue weighted by Crippen LogP contribution is -2.40. The number of carbonyl (C=O) groups is 1. The number of rotatable bonds is 3. The molecular formula is C16H19NO5S. The van der Waals surface area contributed by atoms with Crippen molar-refractivity contribution in [2.24, 2.45) is 11.8 Å². The molecule has 3 aliphatic rings. The average molecular weight is 337 g/mol. The molecule has 2 bridgehead atoms. The quantitative estimate of drug-likeness (QED) is 0.897. The minimum Gasteiger partial charge on any atom is -0.493 e. The van der Waals surface area contributed by atoms with Crippen molar-refractivity contribution < 1.29 is 22.7 Å². The molecule has 0 radical (unpaired) electrons. The highest BCUT2D eigenvalue weighted by Crippen LogP contribution is 2.38. The molecule has 1 saturated heterocycles. The van der Waals surface area contributed by atoms with Gasteiger partial charge in [-0.3, -0.25) is 4.79 Å². The lowest BCUT2D eigenvalue weighted by molar-refractivity contribution is -0.125. The van der Waals surface area contributed by atoms with Gasteiger partial charge in [0.05, 0.1) is 24.2 Å². The maximum absolute atomic E-state index is 12.5. The van der Waals surface area contributed by atoms with Crippen LogP contribution in [0.15, 0.2) is 23.1 Å². The van der Waals surface area contributed by atoms with Crippen LogP contribution in [-0.4, -0.2) is 33.6 Å². The Balaban J connectivity index is 1.51. The largest absolute Gasteiger partial charge is 0.493 e. The van der Waals surface area contributed by atoms with E-state index in [1.54, 1.807) is 12.1 Å². The highest BCUT2D eigenvalue weighted by molar-refractivity contribution is 7.90. The van der Waals surface area contributed by atoms with E-state index in [2.05, 4.69) is 4.72 Å². The van der Waals surface area contributed by atoms with Crippen LogP contribution in [0, 0.1) is 11.8 Å².